The van der Waals surface area contributed by atoms with Gasteiger partial charge in [0.05, 0.1) is 24.2 Å². The van der Waals surface area contributed by atoms with Crippen molar-refractivity contribution in [2.24, 2.45) is 23.2 Å². The SMILES string of the molecule is C[C@H](CC(=O)N1CC2C([C@H]1C(=O)NC(C#N)CC1CC(C)(C)NC1=O)C2(C)C)OC(C)(C)C. The maximum absolute atomic E-state index is 13.4. The summed E-state index contributed by atoms with van der Waals surface area (Å²) in [6, 6.07) is 0.779. The fraction of sp³-hybridized carbons (Fsp3) is 0.840. The Hall–Kier alpha value is -2.14. The third kappa shape index (κ3) is 5.51. The largest absolute Gasteiger partial charge is 0.372 e. The van der Waals surface area contributed by atoms with Crippen LogP contribution in [0.25, 0.3) is 0 Å². The zero-order valence-electron chi connectivity index (χ0n) is 21.3. The molecular formula is C25H40N4O4. The van der Waals surface area contributed by atoms with Gasteiger partial charge in [0.25, 0.3) is 0 Å². The molecular weight excluding hydrogens is 420 g/mol. The smallest absolute Gasteiger partial charge is 0.244 e. The van der Waals surface area contributed by atoms with Gasteiger partial charge in [-0.1, -0.05) is 13.8 Å². The highest BCUT2D eigenvalue weighted by molar-refractivity contribution is 5.90. The van der Waals surface area contributed by atoms with Gasteiger partial charge in [0.15, 0.2) is 0 Å². The van der Waals surface area contributed by atoms with Crippen molar-refractivity contribution < 1.29 is 19.1 Å². The number of piperidine rings is 1. The molecule has 3 amide bonds. The summed E-state index contributed by atoms with van der Waals surface area (Å²) in [5, 5.41) is 15.5. The molecule has 8 nitrogen and oxygen atoms in total. The van der Waals surface area contributed by atoms with E-state index < -0.39 is 12.1 Å². The van der Waals surface area contributed by atoms with Crippen LogP contribution in [-0.2, 0) is 19.1 Å². The number of ether oxygens (including phenoxy) is 1. The molecule has 0 aromatic heterocycles. The molecule has 0 spiro atoms. The highest BCUT2D eigenvalue weighted by Gasteiger charge is 2.69. The molecule has 2 saturated heterocycles. The van der Waals surface area contributed by atoms with E-state index in [1.54, 1.807) is 4.90 Å². The lowest BCUT2D eigenvalue weighted by Gasteiger charge is -2.32. The molecule has 4 unspecified atom stereocenters. The molecule has 0 bridgehead atoms. The normalized spacial score (nSPS) is 31.2. The van der Waals surface area contributed by atoms with Gasteiger partial charge in [-0.3, -0.25) is 14.4 Å². The summed E-state index contributed by atoms with van der Waals surface area (Å²) in [5.74, 6) is -0.433. The topological polar surface area (TPSA) is 112 Å². The molecule has 184 valence electrons. The second-order valence-electron chi connectivity index (χ2n) is 12.4. The van der Waals surface area contributed by atoms with E-state index in [1.165, 1.54) is 0 Å². The van der Waals surface area contributed by atoms with Gasteiger partial charge in [-0.2, -0.15) is 5.26 Å². The maximum atomic E-state index is 13.4. The number of fused-ring (bicyclic) bond motifs is 1. The summed E-state index contributed by atoms with van der Waals surface area (Å²) in [7, 11) is 0. The van der Waals surface area contributed by atoms with Crippen molar-refractivity contribution >= 4 is 17.7 Å². The molecule has 0 aromatic carbocycles. The molecule has 0 aromatic rings. The van der Waals surface area contributed by atoms with E-state index in [0.717, 1.165) is 0 Å². The van der Waals surface area contributed by atoms with E-state index in [0.29, 0.717) is 13.0 Å². The van der Waals surface area contributed by atoms with Crippen LogP contribution >= 0.6 is 0 Å². The minimum absolute atomic E-state index is 0.0101. The lowest BCUT2D eigenvalue weighted by Crippen LogP contribution is -2.52. The van der Waals surface area contributed by atoms with Crippen molar-refractivity contribution in [3.8, 4) is 6.07 Å². The zero-order chi connectivity index (χ0) is 24.9. The van der Waals surface area contributed by atoms with Gasteiger partial charge >= 0.3 is 0 Å². The summed E-state index contributed by atoms with van der Waals surface area (Å²) in [5.41, 5.74) is -0.673. The fourth-order valence-electron chi connectivity index (χ4n) is 5.92. The standard InChI is InChI=1S/C25H40N4O4/c1-14(33-23(2,3)4)9-18(30)29-13-17-19(25(17,7)8)20(29)22(32)27-16(12-26)10-15-11-24(5,6)28-21(15)31/h14-17,19-20H,9-11,13H2,1-8H3,(H,27,32)(H,28,31)/t14-,15?,16?,17?,19?,20+/m1/s1. The van der Waals surface area contributed by atoms with Crippen LogP contribution in [0.2, 0.25) is 0 Å². The molecule has 33 heavy (non-hydrogen) atoms. The number of nitrogens with one attached hydrogen (secondary N) is 2. The van der Waals surface area contributed by atoms with Crippen LogP contribution < -0.4 is 10.6 Å². The number of hydrogen-bond donors (Lipinski definition) is 2. The predicted octanol–water partition coefficient (Wildman–Crippen LogP) is 2.38. The van der Waals surface area contributed by atoms with Gasteiger partial charge in [0.2, 0.25) is 17.7 Å². The van der Waals surface area contributed by atoms with E-state index in [2.05, 4.69) is 30.6 Å². The molecule has 6 atom stereocenters. The number of nitrogens with zero attached hydrogens (tertiary/aromatic N) is 2. The number of rotatable bonds is 7. The highest BCUT2D eigenvalue weighted by atomic mass is 16.5. The van der Waals surface area contributed by atoms with Gasteiger partial charge in [-0.15, -0.1) is 0 Å². The molecule has 1 aliphatic carbocycles. The van der Waals surface area contributed by atoms with Crippen LogP contribution in [-0.4, -0.2) is 58.5 Å². The second kappa shape index (κ2) is 8.57. The van der Waals surface area contributed by atoms with E-state index in [1.807, 2.05) is 41.5 Å². The fourth-order valence-corrected chi connectivity index (χ4v) is 5.92. The summed E-state index contributed by atoms with van der Waals surface area (Å²) in [6.07, 6.45) is 0.839. The van der Waals surface area contributed by atoms with Gasteiger partial charge in [0, 0.05) is 18.0 Å². The first-order valence-electron chi connectivity index (χ1n) is 12.0. The Morgan fingerprint density at radius 1 is 1.30 bits per heavy atom. The molecule has 8 heteroatoms. The molecule has 3 rings (SSSR count). The minimum Gasteiger partial charge on any atom is -0.372 e. The van der Waals surface area contributed by atoms with E-state index in [4.69, 9.17) is 4.74 Å². The lowest BCUT2D eigenvalue weighted by molar-refractivity contribution is -0.144. The molecule has 1 saturated carbocycles. The Kier molecular flexibility index (Phi) is 6.62. The summed E-state index contributed by atoms with van der Waals surface area (Å²) in [4.78, 5) is 40.4. The van der Waals surface area contributed by atoms with Crippen molar-refractivity contribution in [3.63, 3.8) is 0 Å². The molecule has 2 heterocycles. The average molecular weight is 461 g/mol. The number of hydrogen-bond acceptors (Lipinski definition) is 5. The van der Waals surface area contributed by atoms with E-state index in [-0.39, 0.29) is 71.0 Å². The van der Waals surface area contributed by atoms with Crippen LogP contribution in [0, 0.1) is 34.5 Å². The van der Waals surface area contributed by atoms with Gasteiger partial charge < -0.3 is 20.3 Å². The Labute approximate surface area is 197 Å². The number of amides is 3. The third-order valence-electron chi connectivity index (χ3n) is 7.40. The zero-order valence-corrected chi connectivity index (χ0v) is 21.3. The molecule has 3 aliphatic rings. The lowest BCUT2D eigenvalue weighted by atomic mass is 9.91. The van der Waals surface area contributed by atoms with Gasteiger partial charge in [0.1, 0.15) is 12.1 Å². The van der Waals surface area contributed by atoms with Crippen LogP contribution in [0.4, 0.5) is 0 Å². The number of carbonyl (C=O) groups excluding carboxylic acids is 3. The molecule has 2 N–H and O–H groups in total. The van der Waals surface area contributed by atoms with Crippen molar-refractivity contribution in [2.45, 2.75) is 104 Å². The van der Waals surface area contributed by atoms with Crippen molar-refractivity contribution in [1.29, 1.82) is 5.26 Å². The monoisotopic (exact) mass is 460 g/mol. The second-order valence-corrected chi connectivity index (χ2v) is 12.4. The van der Waals surface area contributed by atoms with Crippen LogP contribution in [0.3, 0.4) is 0 Å². The van der Waals surface area contributed by atoms with E-state index >= 15 is 0 Å². The quantitative estimate of drug-likeness (QED) is 0.606. The molecule has 2 aliphatic heterocycles. The summed E-state index contributed by atoms with van der Waals surface area (Å²) >= 11 is 0. The molecule has 3 fully saturated rings. The average Bonchev–Trinajstić information content (AvgIpc) is 2.95. The number of nitriles is 1. The number of likely N-dealkylation sites (tertiary alicyclic amines) is 1. The Bertz CT molecular complexity index is 853. The highest BCUT2D eigenvalue weighted by Crippen LogP contribution is 2.64. The molecule has 0 radical (unpaired) electrons. The Balaban J connectivity index is 1.67. The van der Waals surface area contributed by atoms with Crippen molar-refractivity contribution in [2.75, 3.05) is 6.54 Å². The van der Waals surface area contributed by atoms with Crippen LogP contribution in [0.5, 0.6) is 0 Å². The van der Waals surface area contributed by atoms with Crippen LogP contribution in [0.1, 0.15) is 74.7 Å². The van der Waals surface area contributed by atoms with Crippen LogP contribution in [0.15, 0.2) is 0 Å². The Morgan fingerprint density at radius 2 is 1.94 bits per heavy atom. The van der Waals surface area contributed by atoms with Crippen molar-refractivity contribution in [3.05, 3.63) is 0 Å². The first-order valence-corrected chi connectivity index (χ1v) is 12.0. The van der Waals surface area contributed by atoms with Gasteiger partial charge in [-0.05, 0) is 71.6 Å². The Morgan fingerprint density at radius 3 is 2.45 bits per heavy atom. The van der Waals surface area contributed by atoms with Crippen molar-refractivity contribution in [1.82, 2.24) is 15.5 Å². The first kappa shape index (κ1) is 25.5. The van der Waals surface area contributed by atoms with E-state index in [9.17, 15) is 19.6 Å². The first-order chi connectivity index (χ1) is 15.1. The number of carbonyl (C=O) groups is 3. The minimum atomic E-state index is -0.775. The van der Waals surface area contributed by atoms with Gasteiger partial charge in [-0.25, -0.2) is 0 Å². The summed E-state index contributed by atoms with van der Waals surface area (Å²) < 4.78 is 5.90. The maximum Gasteiger partial charge on any atom is 0.244 e. The predicted molar refractivity (Wildman–Crippen MR) is 124 cm³/mol. The summed E-state index contributed by atoms with van der Waals surface area (Å²) in [6.45, 7) is 16.4. The third-order valence-corrected chi connectivity index (χ3v) is 7.40.